The smallest absolute Gasteiger partial charge is 0.545 e. The normalized spacial score (nSPS) is 7.81. The van der Waals surface area contributed by atoms with E-state index in [-0.39, 0.29) is 31.5 Å². The Kier molecular flexibility index (Phi) is 12.7. The molecule has 110 valence electrons. The summed E-state index contributed by atoms with van der Waals surface area (Å²) in [7, 11) is 0. The molecule has 0 aromatic heterocycles. The molecule has 0 saturated carbocycles. The van der Waals surface area contributed by atoms with Gasteiger partial charge in [-0.3, -0.25) is 4.79 Å². The van der Waals surface area contributed by atoms with Crippen LogP contribution in [0.15, 0.2) is 60.7 Å². The minimum atomic E-state index is -1.13. The molecule has 0 aliphatic heterocycles. The van der Waals surface area contributed by atoms with E-state index in [2.05, 4.69) is 6.79 Å². The summed E-state index contributed by atoms with van der Waals surface area (Å²) in [6, 6.07) is 16.1. The zero-order valence-corrected chi connectivity index (χ0v) is 12.2. The first-order valence-electron chi connectivity index (χ1n) is 5.34. The molecule has 5 nitrogen and oxygen atoms in total. The van der Waals surface area contributed by atoms with Gasteiger partial charge in [-0.25, -0.2) is 0 Å². The maximum atomic E-state index is 10.1. The molecule has 2 aromatic rings. The van der Waals surface area contributed by atoms with Crippen molar-refractivity contribution >= 4 is 18.7 Å². The summed E-state index contributed by atoms with van der Waals surface area (Å²) in [5, 5.41) is 20.2. The minimum Gasteiger partial charge on any atom is -0.545 e. The molecule has 21 heavy (non-hydrogen) atoms. The number of benzene rings is 2. The van der Waals surface area contributed by atoms with Crippen molar-refractivity contribution in [2.75, 3.05) is 0 Å². The molecule has 6 heteroatoms. The van der Waals surface area contributed by atoms with Crippen LogP contribution in [0.3, 0.4) is 0 Å². The third-order valence-corrected chi connectivity index (χ3v) is 2.02. The van der Waals surface area contributed by atoms with Gasteiger partial charge in [0.25, 0.3) is 6.79 Å². The standard InChI is InChI=1S/2C7H6O2.CO.Pd/c2*8-7(9)6-4-2-1-3-5-6;1-2;/h2*1-5H,(H,8,9);;/q;;;+2/p-2. The number of rotatable bonds is 2. The number of carbonyl (C=O) groups is 2. The fourth-order valence-corrected chi connectivity index (χ4v) is 1.15. The van der Waals surface area contributed by atoms with Gasteiger partial charge in [-0.05, 0) is 11.1 Å². The molecule has 0 heterocycles. The van der Waals surface area contributed by atoms with E-state index in [1.165, 1.54) is 24.3 Å². The second kappa shape index (κ2) is 12.7. The quantitative estimate of drug-likeness (QED) is 0.670. The monoisotopic (exact) mass is 376 g/mol. The van der Waals surface area contributed by atoms with Gasteiger partial charge >= 0.3 is 20.4 Å². The SMILES string of the molecule is O=C([O-])c1ccccc1.O=C([O-])c1ccccc1.[C]=O.[Pd+2]. The number of carboxylic acid groups (broad SMARTS) is 2. The molecule has 0 aliphatic rings. The van der Waals surface area contributed by atoms with Crippen LogP contribution in [0.4, 0.5) is 0 Å². The molecule has 0 amide bonds. The van der Waals surface area contributed by atoms with Crippen molar-refractivity contribution in [1.29, 1.82) is 0 Å². The van der Waals surface area contributed by atoms with E-state index in [0.717, 1.165) is 0 Å². The third-order valence-electron chi connectivity index (χ3n) is 2.02. The second-order valence-electron chi connectivity index (χ2n) is 3.31. The van der Waals surface area contributed by atoms with Gasteiger partial charge in [-0.15, -0.1) is 0 Å². The summed E-state index contributed by atoms with van der Waals surface area (Å²) in [4.78, 5) is 27.7. The van der Waals surface area contributed by atoms with Gasteiger partial charge in [0, 0.05) is 0 Å². The van der Waals surface area contributed by atoms with Crippen molar-refractivity contribution < 1.29 is 45.0 Å². The van der Waals surface area contributed by atoms with E-state index in [4.69, 9.17) is 4.79 Å². The van der Waals surface area contributed by atoms with Crippen molar-refractivity contribution in [2.24, 2.45) is 0 Å². The van der Waals surface area contributed by atoms with Crippen LogP contribution in [0.2, 0.25) is 0 Å². The van der Waals surface area contributed by atoms with E-state index >= 15 is 0 Å². The van der Waals surface area contributed by atoms with Gasteiger partial charge in [-0.1, -0.05) is 60.7 Å². The number of hydrogen-bond acceptors (Lipinski definition) is 5. The summed E-state index contributed by atoms with van der Waals surface area (Å²) >= 11 is 0. The summed E-state index contributed by atoms with van der Waals surface area (Å²) in [5.74, 6) is -2.26. The summed E-state index contributed by atoms with van der Waals surface area (Å²) < 4.78 is 0. The van der Waals surface area contributed by atoms with Crippen LogP contribution < -0.4 is 10.2 Å². The Morgan fingerprint density at radius 3 is 1.05 bits per heavy atom. The summed E-state index contributed by atoms with van der Waals surface area (Å²) in [5.41, 5.74) is 0.440. The van der Waals surface area contributed by atoms with Gasteiger partial charge in [0.05, 0.1) is 11.9 Å². The summed E-state index contributed by atoms with van der Waals surface area (Å²) in [6.45, 7) is 4.50. The number of hydrogen-bond donors (Lipinski definition) is 0. The Bertz CT molecular complexity index is 479. The Morgan fingerprint density at radius 1 is 0.667 bits per heavy atom. The molecular weight excluding hydrogens is 367 g/mol. The van der Waals surface area contributed by atoms with Crippen molar-refractivity contribution in [1.82, 2.24) is 0 Å². The molecule has 0 saturated heterocycles. The van der Waals surface area contributed by atoms with E-state index < -0.39 is 11.9 Å². The van der Waals surface area contributed by atoms with Crippen LogP contribution in [0.1, 0.15) is 20.7 Å². The number of aromatic carboxylic acids is 2. The Morgan fingerprint density at radius 2 is 0.905 bits per heavy atom. The van der Waals surface area contributed by atoms with E-state index in [1.54, 1.807) is 36.4 Å². The van der Waals surface area contributed by atoms with Crippen LogP contribution >= 0.6 is 0 Å². The number of carbonyl (C=O) groups excluding carboxylic acids is 3. The van der Waals surface area contributed by atoms with Crippen LogP contribution in [-0.4, -0.2) is 18.7 Å². The molecule has 0 N–H and O–H groups in total. The Balaban J connectivity index is 0. The van der Waals surface area contributed by atoms with Gasteiger partial charge in [-0.2, -0.15) is 0 Å². The first-order valence-corrected chi connectivity index (χ1v) is 5.34. The molecule has 2 rings (SSSR count). The third kappa shape index (κ3) is 9.28. The molecular formula is C15H10O5Pd. The van der Waals surface area contributed by atoms with Crippen molar-refractivity contribution in [3.63, 3.8) is 0 Å². The van der Waals surface area contributed by atoms with Crippen molar-refractivity contribution in [3.05, 3.63) is 71.8 Å². The van der Waals surface area contributed by atoms with Crippen molar-refractivity contribution in [3.8, 4) is 0 Å². The first kappa shape index (κ1) is 21.0. The fraction of sp³-hybridized carbons (Fsp3) is 0. The molecule has 0 spiro atoms. The average Bonchev–Trinajstić information content (AvgIpc) is 2.51. The first-order chi connectivity index (χ1) is 9.61. The van der Waals surface area contributed by atoms with Gasteiger partial charge in [0.15, 0.2) is 0 Å². The molecule has 0 aliphatic carbocycles. The van der Waals surface area contributed by atoms with Crippen molar-refractivity contribution in [2.45, 2.75) is 0 Å². The molecule has 2 radical (unpaired) electrons. The fourth-order valence-electron chi connectivity index (χ4n) is 1.15. The number of carboxylic acids is 2. The van der Waals surface area contributed by atoms with E-state index in [1.807, 2.05) is 0 Å². The predicted molar refractivity (Wildman–Crippen MR) is 67.2 cm³/mol. The topological polar surface area (TPSA) is 97.3 Å². The van der Waals surface area contributed by atoms with Gasteiger partial charge < -0.3 is 19.8 Å². The largest absolute Gasteiger partial charge is 2.00 e. The van der Waals surface area contributed by atoms with Crippen LogP contribution in [0.5, 0.6) is 0 Å². The maximum Gasteiger partial charge on any atom is 2.00 e. The summed E-state index contributed by atoms with van der Waals surface area (Å²) in [6.07, 6.45) is 0. The molecule has 0 atom stereocenters. The van der Waals surface area contributed by atoms with Gasteiger partial charge in [0.1, 0.15) is 0 Å². The predicted octanol–water partition coefficient (Wildman–Crippen LogP) is -0.299. The zero-order valence-electron chi connectivity index (χ0n) is 10.6. The van der Waals surface area contributed by atoms with Gasteiger partial charge in [0.2, 0.25) is 0 Å². The van der Waals surface area contributed by atoms with Crippen LogP contribution in [0, 0.1) is 0 Å². The van der Waals surface area contributed by atoms with E-state index in [9.17, 15) is 19.8 Å². The molecule has 2 aromatic carbocycles. The zero-order chi connectivity index (χ0) is 15.4. The average molecular weight is 377 g/mol. The van der Waals surface area contributed by atoms with Crippen LogP contribution in [-0.2, 0) is 25.2 Å². The van der Waals surface area contributed by atoms with Crippen LogP contribution in [0.25, 0.3) is 0 Å². The Hall–Kier alpha value is -2.29. The molecule has 0 bridgehead atoms. The molecule has 0 fully saturated rings. The maximum absolute atomic E-state index is 10.1. The minimum absolute atomic E-state index is 0. The second-order valence-corrected chi connectivity index (χ2v) is 3.31. The van der Waals surface area contributed by atoms with E-state index in [0.29, 0.717) is 0 Å². The Labute approximate surface area is 135 Å². The molecule has 0 unspecified atom stereocenters.